The molecule has 20 heavy (non-hydrogen) atoms. The van der Waals surface area contributed by atoms with E-state index in [0.29, 0.717) is 16.9 Å². The Labute approximate surface area is 119 Å². The van der Waals surface area contributed by atoms with Crippen LogP contribution in [0.25, 0.3) is 0 Å². The maximum Gasteiger partial charge on any atom is 0.340 e. The van der Waals surface area contributed by atoms with Crippen LogP contribution in [0, 0.1) is 0 Å². The number of hydrogen-bond donors (Lipinski definition) is 2. The smallest absolute Gasteiger partial charge is 0.340 e. The van der Waals surface area contributed by atoms with Gasteiger partial charge in [0.1, 0.15) is 9.84 Å². The number of hydrogen-bond acceptors (Lipinski definition) is 6. The average molecular weight is 300 g/mol. The first-order chi connectivity index (χ1) is 9.23. The molecule has 0 aliphatic heterocycles. The molecule has 0 aliphatic carbocycles. The van der Waals surface area contributed by atoms with Crippen molar-refractivity contribution in [3.05, 3.63) is 23.8 Å². The summed E-state index contributed by atoms with van der Waals surface area (Å²) in [7, 11) is -3.10. The first-order valence-corrected chi connectivity index (χ1v) is 8.30. The van der Waals surface area contributed by atoms with Crippen molar-refractivity contribution in [3.8, 4) is 0 Å². The van der Waals surface area contributed by atoms with Gasteiger partial charge >= 0.3 is 5.97 Å². The van der Waals surface area contributed by atoms with Gasteiger partial charge in [0.15, 0.2) is 0 Å². The van der Waals surface area contributed by atoms with Crippen LogP contribution in [0.3, 0.4) is 0 Å². The molecule has 1 unspecified atom stereocenters. The molecule has 1 atom stereocenters. The summed E-state index contributed by atoms with van der Waals surface area (Å²) in [5.41, 5.74) is 6.91. The second-order valence-electron chi connectivity index (χ2n) is 4.66. The van der Waals surface area contributed by atoms with Gasteiger partial charge < -0.3 is 15.8 Å². The van der Waals surface area contributed by atoms with E-state index in [9.17, 15) is 13.2 Å². The van der Waals surface area contributed by atoms with Gasteiger partial charge in [0.05, 0.1) is 17.9 Å². The van der Waals surface area contributed by atoms with Crippen LogP contribution >= 0.6 is 0 Å². The standard InChI is InChI=1S/C13H20N2O4S/c1-4-19-13(16)11-7-10(14)5-6-12(11)15-9(2)8-20(3,17)18/h5-7,9,15H,4,8,14H2,1-3H3. The number of esters is 1. The third-order valence-electron chi connectivity index (χ3n) is 2.49. The Morgan fingerprint density at radius 1 is 1.45 bits per heavy atom. The van der Waals surface area contributed by atoms with Gasteiger partial charge in [-0.15, -0.1) is 0 Å². The van der Waals surface area contributed by atoms with Crippen LogP contribution in [0.1, 0.15) is 24.2 Å². The van der Waals surface area contributed by atoms with E-state index in [-0.39, 0.29) is 18.4 Å². The monoisotopic (exact) mass is 300 g/mol. The predicted octanol–water partition coefficient (Wildman–Crippen LogP) is 1.29. The van der Waals surface area contributed by atoms with Crippen LogP contribution < -0.4 is 11.1 Å². The summed E-state index contributed by atoms with van der Waals surface area (Å²) in [6.07, 6.45) is 1.17. The Balaban J connectivity index is 2.97. The highest BCUT2D eigenvalue weighted by Gasteiger charge is 2.16. The van der Waals surface area contributed by atoms with Crippen molar-refractivity contribution in [3.63, 3.8) is 0 Å². The molecule has 3 N–H and O–H groups in total. The normalized spacial score (nSPS) is 12.8. The molecule has 6 nitrogen and oxygen atoms in total. The summed E-state index contributed by atoms with van der Waals surface area (Å²) >= 11 is 0. The molecule has 0 fully saturated rings. The number of nitrogens with one attached hydrogen (secondary N) is 1. The first kappa shape index (κ1) is 16.3. The van der Waals surface area contributed by atoms with Crippen LogP contribution in [0.15, 0.2) is 18.2 Å². The lowest BCUT2D eigenvalue weighted by Crippen LogP contribution is -2.26. The molecular weight excluding hydrogens is 280 g/mol. The van der Waals surface area contributed by atoms with E-state index < -0.39 is 15.8 Å². The molecular formula is C13H20N2O4S. The lowest BCUT2D eigenvalue weighted by atomic mass is 10.1. The quantitative estimate of drug-likeness (QED) is 0.607. The number of benzene rings is 1. The second-order valence-corrected chi connectivity index (χ2v) is 6.85. The SMILES string of the molecule is CCOC(=O)c1cc(N)ccc1NC(C)CS(C)(=O)=O. The maximum absolute atomic E-state index is 11.8. The fourth-order valence-corrected chi connectivity index (χ4v) is 2.82. The number of sulfone groups is 1. The Morgan fingerprint density at radius 2 is 2.10 bits per heavy atom. The van der Waals surface area contributed by atoms with Gasteiger partial charge in [0, 0.05) is 23.7 Å². The highest BCUT2D eigenvalue weighted by atomic mass is 32.2. The van der Waals surface area contributed by atoms with Crippen LogP contribution in [-0.4, -0.2) is 39.0 Å². The zero-order valence-electron chi connectivity index (χ0n) is 11.8. The van der Waals surface area contributed by atoms with Crippen LogP contribution in [-0.2, 0) is 14.6 Å². The molecule has 0 saturated heterocycles. The molecule has 1 rings (SSSR count). The summed E-state index contributed by atoms with van der Waals surface area (Å²) in [5, 5.41) is 3.00. The molecule has 0 spiro atoms. The second kappa shape index (κ2) is 6.60. The maximum atomic E-state index is 11.8. The largest absolute Gasteiger partial charge is 0.462 e. The molecule has 0 aliphatic rings. The van der Waals surface area contributed by atoms with Crippen molar-refractivity contribution < 1.29 is 17.9 Å². The lowest BCUT2D eigenvalue weighted by molar-refractivity contribution is 0.0527. The predicted molar refractivity (Wildman–Crippen MR) is 79.6 cm³/mol. The number of carbonyl (C=O) groups is 1. The summed E-state index contributed by atoms with van der Waals surface area (Å²) in [5.74, 6) is -0.520. The van der Waals surface area contributed by atoms with Gasteiger partial charge in [-0.1, -0.05) is 0 Å². The summed E-state index contributed by atoms with van der Waals surface area (Å²) in [6, 6.07) is 4.45. The number of nitrogens with two attached hydrogens (primary N) is 1. The molecule has 1 aromatic carbocycles. The molecule has 0 amide bonds. The molecule has 7 heteroatoms. The van der Waals surface area contributed by atoms with Gasteiger partial charge in [-0.25, -0.2) is 13.2 Å². The lowest BCUT2D eigenvalue weighted by Gasteiger charge is -2.17. The van der Waals surface area contributed by atoms with Gasteiger partial charge in [0.25, 0.3) is 0 Å². The van der Waals surface area contributed by atoms with Crippen molar-refractivity contribution in [1.29, 1.82) is 0 Å². The van der Waals surface area contributed by atoms with Crippen LogP contribution in [0.5, 0.6) is 0 Å². The molecule has 0 radical (unpaired) electrons. The third kappa shape index (κ3) is 5.08. The van der Waals surface area contributed by atoms with Gasteiger partial charge in [-0.05, 0) is 32.0 Å². The fraction of sp³-hybridized carbons (Fsp3) is 0.462. The Bertz CT molecular complexity index is 584. The van der Waals surface area contributed by atoms with Crippen molar-refractivity contribution in [2.75, 3.05) is 29.7 Å². The van der Waals surface area contributed by atoms with Crippen LogP contribution in [0.4, 0.5) is 11.4 Å². The topological polar surface area (TPSA) is 98.5 Å². The van der Waals surface area contributed by atoms with E-state index >= 15 is 0 Å². The van der Waals surface area contributed by atoms with Gasteiger partial charge in [-0.2, -0.15) is 0 Å². The first-order valence-electron chi connectivity index (χ1n) is 6.24. The minimum atomic E-state index is -3.10. The van der Waals surface area contributed by atoms with Crippen molar-refractivity contribution in [1.82, 2.24) is 0 Å². The van der Waals surface area contributed by atoms with Crippen molar-refractivity contribution in [2.45, 2.75) is 19.9 Å². The molecule has 112 valence electrons. The molecule has 1 aromatic rings. The summed E-state index contributed by atoms with van der Waals surface area (Å²) < 4.78 is 27.5. The van der Waals surface area contributed by atoms with Crippen molar-refractivity contribution in [2.24, 2.45) is 0 Å². The minimum absolute atomic E-state index is 0.0281. The number of rotatable bonds is 6. The van der Waals surface area contributed by atoms with E-state index in [0.717, 1.165) is 0 Å². The highest BCUT2D eigenvalue weighted by molar-refractivity contribution is 7.90. The van der Waals surface area contributed by atoms with Gasteiger partial charge in [0.2, 0.25) is 0 Å². The number of nitrogen functional groups attached to an aromatic ring is 1. The van der Waals surface area contributed by atoms with Crippen LogP contribution in [0.2, 0.25) is 0 Å². The molecule has 0 heterocycles. The fourth-order valence-electron chi connectivity index (χ4n) is 1.83. The van der Waals surface area contributed by atoms with E-state index in [1.165, 1.54) is 12.3 Å². The van der Waals surface area contributed by atoms with E-state index in [1.807, 2.05) is 0 Å². The Hall–Kier alpha value is -1.76. The van der Waals surface area contributed by atoms with E-state index in [4.69, 9.17) is 10.5 Å². The third-order valence-corrected chi connectivity index (χ3v) is 3.60. The Kier molecular flexibility index (Phi) is 5.38. The summed E-state index contributed by atoms with van der Waals surface area (Å²) in [4.78, 5) is 11.8. The van der Waals surface area contributed by atoms with E-state index in [2.05, 4.69) is 5.32 Å². The number of carbonyl (C=O) groups excluding carboxylic acids is 1. The molecule has 0 bridgehead atoms. The average Bonchev–Trinajstić information content (AvgIpc) is 2.29. The van der Waals surface area contributed by atoms with Gasteiger partial charge in [-0.3, -0.25) is 0 Å². The Morgan fingerprint density at radius 3 is 2.65 bits per heavy atom. The summed E-state index contributed by atoms with van der Waals surface area (Å²) in [6.45, 7) is 3.70. The number of anilines is 2. The molecule has 0 saturated carbocycles. The molecule has 0 aromatic heterocycles. The number of ether oxygens (including phenoxy) is 1. The zero-order chi connectivity index (χ0) is 15.3. The highest BCUT2D eigenvalue weighted by Crippen LogP contribution is 2.21. The van der Waals surface area contributed by atoms with Crippen molar-refractivity contribution >= 4 is 27.2 Å². The zero-order valence-corrected chi connectivity index (χ0v) is 12.7. The van der Waals surface area contributed by atoms with E-state index in [1.54, 1.807) is 26.0 Å². The minimum Gasteiger partial charge on any atom is -0.462 e.